The highest BCUT2D eigenvalue weighted by Crippen LogP contribution is 2.32. The Bertz CT molecular complexity index is 419. The number of hydrogen-bond donors (Lipinski definition) is 0. The Hall–Kier alpha value is -0.330. The average Bonchev–Trinajstić information content (AvgIpc) is 2.01. The summed E-state index contributed by atoms with van der Waals surface area (Å²) in [5.74, 6) is -2.67. The van der Waals surface area contributed by atoms with Gasteiger partial charge in [0.15, 0.2) is 0 Å². The Morgan fingerprint density at radius 1 is 1.29 bits per heavy atom. The van der Waals surface area contributed by atoms with Crippen molar-refractivity contribution in [3.05, 3.63) is 24.3 Å². The SMILES string of the molecule is O=S(=O)(Cl)c1ccccc1SC(F)F. The van der Waals surface area contributed by atoms with E-state index >= 15 is 0 Å². The van der Waals surface area contributed by atoms with Crippen LogP contribution in [-0.4, -0.2) is 14.2 Å². The Kier molecular flexibility index (Phi) is 3.74. The Morgan fingerprint density at radius 2 is 1.86 bits per heavy atom. The molecule has 0 aliphatic heterocycles. The van der Waals surface area contributed by atoms with E-state index in [-0.39, 0.29) is 21.6 Å². The topological polar surface area (TPSA) is 34.1 Å². The molecule has 0 aliphatic rings. The molecule has 0 aromatic heterocycles. The molecule has 1 aromatic rings. The normalized spacial score (nSPS) is 12.0. The van der Waals surface area contributed by atoms with Crippen molar-refractivity contribution in [3.63, 3.8) is 0 Å². The zero-order valence-corrected chi connectivity index (χ0v) is 9.04. The molecule has 14 heavy (non-hydrogen) atoms. The smallest absolute Gasteiger partial charge is 0.207 e. The molecule has 1 rings (SSSR count). The van der Waals surface area contributed by atoms with Gasteiger partial charge in [-0.1, -0.05) is 23.9 Å². The van der Waals surface area contributed by atoms with E-state index in [1.807, 2.05) is 0 Å². The van der Waals surface area contributed by atoms with E-state index in [4.69, 9.17) is 10.7 Å². The van der Waals surface area contributed by atoms with E-state index in [0.29, 0.717) is 0 Å². The minimum atomic E-state index is -3.96. The van der Waals surface area contributed by atoms with Crippen molar-refractivity contribution in [1.29, 1.82) is 0 Å². The van der Waals surface area contributed by atoms with E-state index in [1.54, 1.807) is 0 Å². The first-order chi connectivity index (χ1) is 6.41. The third kappa shape index (κ3) is 3.11. The summed E-state index contributed by atoms with van der Waals surface area (Å²) in [6.07, 6.45) is 0. The van der Waals surface area contributed by atoms with Gasteiger partial charge in [0, 0.05) is 15.6 Å². The minimum absolute atomic E-state index is 0.0440. The first kappa shape index (κ1) is 11.7. The number of hydrogen-bond acceptors (Lipinski definition) is 3. The van der Waals surface area contributed by atoms with E-state index in [0.717, 1.165) is 0 Å². The predicted octanol–water partition coefficient (Wildman–Crippen LogP) is 2.93. The van der Waals surface area contributed by atoms with Crippen molar-refractivity contribution < 1.29 is 17.2 Å². The first-order valence-corrected chi connectivity index (χ1v) is 6.58. The summed E-state index contributed by atoms with van der Waals surface area (Å²) in [5.41, 5.74) is 0. The summed E-state index contributed by atoms with van der Waals surface area (Å²) in [7, 11) is 1.10. The van der Waals surface area contributed by atoms with Gasteiger partial charge < -0.3 is 0 Å². The zero-order valence-electron chi connectivity index (χ0n) is 6.65. The van der Waals surface area contributed by atoms with Crippen molar-refractivity contribution in [2.24, 2.45) is 0 Å². The maximum atomic E-state index is 12.0. The van der Waals surface area contributed by atoms with Crippen LogP contribution in [0.2, 0.25) is 0 Å². The summed E-state index contributed by atoms with van der Waals surface area (Å²) in [4.78, 5) is -0.329. The molecular formula is C7H5ClF2O2S2. The molecule has 0 bridgehead atoms. The molecule has 0 unspecified atom stereocenters. The van der Waals surface area contributed by atoms with Crippen molar-refractivity contribution in [1.82, 2.24) is 0 Å². The van der Waals surface area contributed by atoms with E-state index in [1.165, 1.54) is 24.3 Å². The highest BCUT2D eigenvalue weighted by Gasteiger charge is 2.17. The number of halogens is 3. The van der Waals surface area contributed by atoms with Gasteiger partial charge >= 0.3 is 0 Å². The van der Waals surface area contributed by atoms with Gasteiger partial charge in [-0.25, -0.2) is 8.42 Å². The maximum Gasteiger partial charge on any atom is 0.288 e. The minimum Gasteiger partial charge on any atom is -0.207 e. The van der Waals surface area contributed by atoms with Gasteiger partial charge in [0.1, 0.15) is 0 Å². The predicted molar refractivity (Wildman–Crippen MR) is 51.3 cm³/mol. The lowest BCUT2D eigenvalue weighted by atomic mass is 10.4. The fraction of sp³-hybridized carbons (Fsp3) is 0.143. The van der Waals surface area contributed by atoms with E-state index in [2.05, 4.69) is 0 Å². The van der Waals surface area contributed by atoms with E-state index in [9.17, 15) is 17.2 Å². The van der Waals surface area contributed by atoms with Gasteiger partial charge in [0.05, 0.1) is 4.90 Å². The van der Waals surface area contributed by atoms with Crippen LogP contribution in [0.15, 0.2) is 34.1 Å². The maximum absolute atomic E-state index is 12.0. The second-order valence-electron chi connectivity index (χ2n) is 2.26. The van der Waals surface area contributed by atoms with Crippen molar-refractivity contribution in [3.8, 4) is 0 Å². The van der Waals surface area contributed by atoms with Crippen LogP contribution in [0.1, 0.15) is 0 Å². The largest absolute Gasteiger partial charge is 0.288 e. The summed E-state index contributed by atoms with van der Waals surface area (Å²) in [6, 6.07) is 5.36. The molecule has 1 aromatic carbocycles. The standard InChI is InChI=1S/C7H5ClF2O2S2/c8-14(11,12)6-4-2-1-3-5(6)13-7(9)10/h1-4,7H. The van der Waals surface area contributed by atoms with Crippen LogP contribution >= 0.6 is 22.4 Å². The molecule has 0 radical (unpaired) electrons. The number of benzene rings is 1. The van der Waals surface area contributed by atoms with Crippen molar-refractivity contribution in [2.45, 2.75) is 15.5 Å². The molecule has 0 saturated carbocycles. The number of alkyl halides is 2. The molecule has 2 nitrogen and oxygen atoms in total. The van der Waals surface area contributed by atoms with Gasteiger partial charge in [-0.2, -0.15) is 8.78 Å². The lowest BCUT2D eigenvalue weighted by molar-refractivity contribution is 0.252. The summed E-state index contributed by atoms with van der Waals surface area (Å²) < 4.78 is 45.9. The lowest BCUT2D eigenvalue weighted by Gasteiger charge is -2.04. The van der Waals surface area contributed by atoms with Crippen LogP contribution in [0.5, 0.6) is 0 Å². The molecule has 0 atom stereocenters. The second-order valence-corrected chi connectivity index (χ2v) is 5.83. The molecule has 78 valence electrons. The molecule has 0 fully saturated rings. The highest BCUT2D eigenvalue weighted by molar-refractivity contribution is 8.14. The molecule has 0 saturated heterocycles. The fourth-order valence-electron chi connectivity index (χ4n) is 0.845. The molecule has 0 aliphatic carbocycles. The van der Waals surface area contributed by atoms with Gasteiger partial charge in [-0.3, -0.25) is 0 Å². The monoisotopic (exact) mass is 258 g/mol. The van der Waals surface area contributed by atoms with Crippen LogP contribution in [0.3, 0.4) is 0 Å². The Morgan fingerprint density at radius 3 is 2.36 bits per heavy atom. The van der Waals surface area contributed by atoms with Gasteiger partial charge in [-0.05, 0) is 12.1 Å². The molecule has 0 heterocycles. The van der Waals surface area contributed by atoms with Gasteiger partial charge in [-0.15, -0.1) is 0 Å². The average molecular weight is 259 g/mol. The van der Waals surface area contributed by atoms with Crippen LogP contribution in [0.25, 0.3) is 0 Å². The molecule has 7 heteroatoms. The van der Waals surface area contributed by atoms with E-state index < -0.39 is 14.8 Å². The first-order valence-electron chi connectivity index (χ1n) is 3.40. The van der Waals surface area contributed by atoms with Gasteiger partial charge in [0.2, 0.25) is 0 Å². The highest BCUT2D eigenvalue weighted by atomic mass is 35.7. The van der Waals surface area contributed by atoms with Crippen LogP contribution in [0.4, 0.5) is 8.78 Å². The van der Waals surface area contributed by atoms with Crippen LogP contribution < -0.4 is 0 Å². The van der Waals surface area contributed by atoms with Crippen molar-refractivity contribution >= 4 is 31.5 Å². The fourth-order valence-corrected chi connectivity index (χ4v) is 2.94. The van der Waals surface area contributed by atoms with Crippen LogP contribution in [0, 0.1) is 0 Å². The summed E-state index contributed by atoms with van der Waals surface area (Å²) >= 11 is 0.155. The Balaban J connectivity index is 3.17. The number of rotatable bonds is 3. The molecule has 0 spiro atoms. The summed E-state index contributed by atoms with van der Waals surface area (Å²) in [6.45, 7) is 0. The third-order valence-corrected chi connectivity index (χ3v) is 3.63. The molecule has 0 N–H and O–H groups in total. The van der Waals surface area contributed by atoms with Crippen LogP contribution in [-0.2, 0) is 9.05 Å². The number of thioether (sulfide) groups is 1. The Labute approximate surface area is 88.7 Å². The van der Waals surface area contributed by atoms with Gasteiger partial charge in [0.25, 0.3) is 14.8 Å². The molecule has 0 amide bonds. The molecular weight excluding hydrogens is 254 g/mol. The zero-order chi connectivity index (χ0) is 10.8. The second kappa shape index (κ2) is 4.46. The van der Waals surface area contributed by atoms with Crippen molar-refractivity contribution in [2.75, 3.05) is 0 Å². The lowest BCUT2D eigenvalue weighted by Crippen LogP contribution is -1.94. The quantitative estimate of drug-likeness (QED) is 0.618. The summed E-state index contributed by atoms with van der Waals surface area (Å²) in [5, 5.41) is 0. The third-order valence-electron chi connectivity index (χ3n) is 1.33.